The lowest BCUT2D eigenvalue weighted by Gasteiger charge is -2.42. The van der Waals surface area contributed by atoms with E-state index in [0.29, 0.717) is 11.1 Å². The minimum Gasteiger partial charge on any atom is -0.503 e. The Labute approximate surface area is 165 Å². The number of phenols is 1. The van der Waals surface area contributed by atoms with E-state index in [-0.39, 0.29) is 22.9 Å². The zero-order valence-electron chi connectivity index (χ0n) is 14.1. The Hall–Kier alpha value is -1.69. The van der Waals surface area contributed by atoms with Gasteiger partial charge in [0, 0.05) is 13.0 Å². The number of likely N-dealkylation sites (tertiary alicyclic amines) is 1. The summed E-state index contributed by atoms with van der Waals surface area (Å²) >= 11 is 19.6. The number of imide groups is 1. The number of phenolic OH excluding ortho intramolecular Hbond substituents is 1. The fraction of sp³-hybridized carbons (Fsp3) is 0.333. The van der Waals surface area contributed by atoms with Crippen LogP contribution < -0.4 is 4.74 Å². The normalized spacial score (nSPS) is 30.9. The van der Waals surface area contributed by atoms with Gasteiger partial charge in [-0.1, -0.05) is 30.3 Å². The van der Waals surface area contributed by atoms with Crippen molar-refractivity contribution < 1.29 is 19.4 Å². The summed E-state index contributed by atoms with van der Waals surface area (Å²) in [4.78, 5) is 23.1. The smallest absolute Gasteiger partial charge is 0.253 e. The molecule has 1 aromatic rings. The van der Waals surface area contributed by atoms with E-state index < -0.39 is 27.5 Å². The van der Waals surface area contributed by atoms with E-state index in [4.69, 9.17) is 39.5 Å². The van der Waals surface area contributed by atoms with Gasteiger partial charge in [0.1, 0.15) is 0 Å². The molecule has 0 radical (unpaired) electrons. The number of carbonyl (C=O) groups is 2. The van der Waals surface area contributed by atoms with Crippen molar-refractivity contribution in [1.29, 1.82) is 0 Å². The molecule has 3 atom stereocenters. The van der Waals surface area contributed by atoms with E-state index in [1.807, 2.05) is 0 Å². The molecule has 2 amide bonds. The van der Waals surface area contributed by atoms with Crippen molar-refractivity contribution in [1.82, 2.24) is 4.90 Å². The largest absolute Gasteiger partial charge is 0.503 e. The van der Waals surface area contributed by atoms with Crippen LogP contribution in [-0.2, 0) is 9.59 Å². The average molecular weight is 417 g/mol. The van der Waals surface area contributed by atoms with E-state index in [1.54, 1.807) is 12.2 Å². The van der Waals surface area contributed by atoms with Gasteiger partial charge in [0.15, 0.2) is 21.2 Å². The maximum atomic E-state index is 12.9. The monoisotopic (exact) mass is 415 g/mol. The Balaban J connectivity index is 2.30. The maximum Gasteiger partial charge on any atom is 0.253 e. The zero-order valence-corrected chi connectivity index (χ0v) is 16.3. The first-order chi connectivity index (χ1) is 12.1. The quantitative estimate of drug-likeness (QED) is 0.604. The van der Waals surface area contributed by atoms with Gasteiger partial charge in [0.25, 0.3) is 11.8 Å². The standard InChI is InChI=1S/C18H16Cl3NO4/c1-4-9-5-6-17(20)15(24)22(2)16(25)18(17,21)13(9)10-7-11(19)14(23)12(8-10)26-3/h4-5,7-8,13,23H,1,6H2,2-3H3/t13-,17-,18+/m1/s1. The van der Waals surface area contributed by atoms with Crippen LogP contribution in [0, 0.1) is 0 Å². The highest BCUT2D eigenvalue weighted by Crippen LogP contribution is 2.59. The van der Waals surface area contributed by atoms with Crippen LogP contribution in [0.25, 0.3) is 0 Å². The highest BCUT2D eigenvalue weighted by atomic mass is 35.5. The summed E-state index contributed by atoms with van der Waals surface area (Å²) in [7, 11) is 2.73. The Morgan fingerprint density at radius 3 is 2.58 bits per heavy atom. The first-order valence-corrected chi connectivity index (χ1v) is 8.86. The number of carbonyl (C=O) groups excluding carboxylic acids is 2. The van der Waals surface area contributed by atoms with Crippen LogP contribution in [0.1, 0.15) is 17.9 Å². The van der Waals surface area contributed by atoms with Gasteiger partial charge in [-0.2, -0.15) is 0 Å². The number of halogens is 3. The molecule has 138 valence electrons. The molecule has 0 bridgehead atoms. The van der Waals surface area contributed by atoms with E-state index in [9.17, 15) is 14.7 Å². The Morgan fingerprint density at radius 2 is 2.00 bits per heavy atom. The molecule has 0 aromatic heterocycles. The van der Waals surface area contributed by atoms with Gasteiger partial charge in [0.2, 0.25) is 0 Å². The SMILES string of the molecule is C=CC1=CC[C@@]2(Cl)C(=O)N(C)C(=O)[C@@]2(Cl)[C@H]1c1cc(Cl)c(O)c(OC)c1. The number of hydrogen-bond donors (Lipinski definition) is 1. The van der Waals surface area contributed by atoms with E-state index in [2.05, 4.69) is 6.58 Å². The highest BCUT2D eigenvalue weighted by Gasteiger charge is 2.72. The second-order valence-electron chi connectivity index (χ2n) is 6.28. The van der Waals surface area contributed by atoms with E-state index >= 15 is 0 Å². The number of aromatic hydroxyl groups is 1. The third-order valence-corrected chi connectivity index (χ3v) is 6.73. The minimum absolute atomic E-state index is 0.0268. The van der Waals surface area contributed by atoms with Gasteiger partial charge in [-0.3, -0.25) is 14.5 Å². The van der Waals surface area contributed by atoms with Crippen LogP contribution in [0.15, 0.2) is 36.4 Å². The van der Waals surface area contributed by atoms with E-state index in [0.717, 1.165) is 4.90 Å². The Morgan fingerprint density at radius 1 is 1.35 bits per heavy atom. The number of ether oxygens (including phenoxy) is 1. The van der Waals surface area contributed by atoms with Crippen molar-refractivity contribution in [3.05, 3.63) is 47.0 Å². The number of nitrogens with zero attached hydrogens (tertiary/aromatic N) is 1. The number of methoxy groups -OCH3 is 1. The summed E-state index contributed by atoms with van der Waals surface area (Å²) in [6.45, 7) is 3.78. The van der Waals surface area contributed by atoms with Crippen molar-refractivity contribution in [3.63, 3.8) is 0 Å². The summed E-state index contributed by atoms with van der Waals surface area (Å²) in [5.74, 6) is -2.07. The first-order valence-electron chi connectivity index (χ1n) is 7.72. The second kappa shape index (κ2) is 6.19. The topological polar surface area (TPSA) is 66.8 Å². The molecule has 0 saturated carbocycles. The first kappa shape index (κ1) is 19.1. The van der Waals surface area contributed by atoms with Crippen molar-refractivity contribution >= 4 is 46.6 Å². The van der Waals surface area contributed by atoms with Crippen LogP contribution in [0.4, 0.5) is 0 Å². The summed E-state index contributed by atoms with van der Waals surface area (Å²) < 4.78 is 5.15. The minimum atomic E-state index is -1.76. The average Bonchev–Trinajstić information content (AvgIpc) is 2.75. The number of hydrogen-bond acceptors (Lipinski definition) is 4. The predicted molar refractivity (Wildman–Crippen MR) is 100 cm³/mol. The number of amides is 2. The van der Waals surface area contributed by atoms with E-state index in [1.165, 1.54) is 26.3 Å². The van der Waals surface area contributed by atoms with Crippen LogP contribution >= 0.6 is 34.8 Å². The fourth-order valence-electron chi connectivity index (χ4n) is 3.66. The molecule has 26 heavy (non-hydrogen) atoms. The number of alkyl halides is 2. The van der Waals surface area contributed by atoms with Gasteiger partial charge in [-0.25, -0.2) is 0 Å². The van der Waals surface area contributed by atoms with Crippen molar-refractivity contribution in [3.8, 4) is 11.5 Å². The molecule has 1 saturated heterocycles. The lowest BCUT2D eigenvalue weighted by Crippen LogP contribution is -2.54. The van der Waals surface area contributed by atoms with Gasteiger partial charge in [-0.05, 0) is 29.7 Å². The summed E-state index contributed by atoms with van der Waals surface area (Å²) in [5.41, 5.74) is 1.11. The Kier molecular flexibility index (Phi) is 4.54. The van der Waals surface area contributed by atoms with Gasteiger partial charge >= 0.3 is 0 Å². The molecule has 1 aliphatic heterocycles. The molecule has 3 rings (SSSR count). The molecule has 8 heteroatoms. The fourth-order valence-corrected chi connectivity index (χ4v) is 4.81. The molecule has 1 heterocycles. The van der Waals surface area contributed by atoms with Crippen molar-refractivity contribution in [2.24, 2.45) is 0 Å². The summed E-state index contributed by atoms with van der Waals surface area (Å²) in [6, 6.07) is 3.00. The molecule has 0 spiro atoms. The lowest BCUT2D eigenvalue weighted by atomic mass is 9.68. The third kappa shape index (κ3) is 2.24. The molecule has 5 nitrogen and oxygen atoms in total. The van der Waals surface area contributed by atoms with Crippen LogP contribution in [0.2, 0.25) is 5.02 Å². The van der Waals surface area contributed by atoms with Crippen LogP contribution in [0.5, 0.6) is 11.5 Å². The molecule has 2 aliphatic rings. The number of allylic oxidation sites excluding steroid dienone is 3. The molecular formula is C18H16Cl3NO4. The predicted octanol–water partition coefficient (Wildman–Crippen LogP) is 3.61. The number of fused-ring (bicyclic) bond motifs is 1. The summed E-state index contributed by atoms with van der Waals surface area (Å²) in [5, 5.41) is 10.0. The highest BCUT2D eigenvalue weighted by molar-refractivity contribution is 6.53. The molecule has 1 aliphatic carbocycles. The number of rotatable bonds is 3. The zero-order chi connectivity index (χ0) is 19.4. The molecule has 1 N–H and O–H groups in total. The second-order valence-corrected chi connectivity index (χ2v) is 7.93. The van der Waals surface area contributed by atoms with Gasteiger partial charge in [-0.15, -0.1) is 23.2 Å². The molecule has 1 fully saturated rings. The van der Waals surface area contributed by atoms with Crippen molar-refractivity contribution in [2.75, 3.05) is 14.2 Å². The maximum absolute atomic E-state index is 12.9. The number of benzene rings is 1. The van der Waals surface area contributed by atoms with Gasteiger partial charge in [0.05, 0.1) is 12.1 Å². The summed E-state index contributed by atoms with van der Waals surface area (Å²) in [6.07, 6.45) is 3.39. The van der Waals surface area contributed by atoms with Gasteiger partial charge < -0.3 is 9.84 Å². The third-order valence-electron chi connectivity index (χ3n) is 5.03. The van der Waals surface area contributed by atoms with Crippen LogP contribution in [0.3, 0.4) is 0 Å². The van der Waals surface area contributed by atoms with Crippen molar-refractivity contribution in [2.45, 2.75) is 22.1 Å². The molecular weight excluding hydrogens is 401 g/mol. The Bertz CT molecular complexity index is 868. The van der Waals surface area contributed by atoms with Crippen LogP contribution in [-0.4, -0.2) is 45.7 Å². The lowest BCUT2D eigenvalue weighted by molar-refractivity contribution is -0.137. The molecule has 1 aromatic carbocycles. The molecule has 0 unspecified atom stereocenters.